The minimum absolute atomic E-state index is 0.249. The molecule has 3 heterocycles. The van der Waals surface area contributed by atoms with Gasteiger partial charge in [-0.3, -0.25) is 23.9 Å². The van der Waals surface area contributed by atoms with Crippen LogP contribution in [0.5, 0.6) is 0 Å². The number of thioether (sulfide) groups is 1. The first-order valence-electron chi connectivity index (χ1n) is 12.7. The van der Waals surface area contributed by atoms with Crippen LogP contribution >= 0.6 is 35.3 Å². The van der Waals surface area contributed by atoms with Crippen LogP contribution < -0.4 is 19.7 Å². The van der Waals surface area contributed by atoms with Gasteiger partial charge in [0.25, 0.3) is 11.5 Å². The molecule has 7 nitrogen and oxygen atoms in total. The maximum absolute atomic E-state index is 13.4. The van der Waals surface area contributed by atoms with E-state index in [1.165, 1.54) is 28.3 Å². The van der Waals surface area contributed by atoms with Crippen LogP contribution in [0.1, 0.15) is 36.3 Å². The van der Waals surface area contributed by atoms with E-state index in [0.717, 1.165) is 46.1 Å². The van der Waals surface area contributed by atoms with Crippen LogP contribution in [0.3, 0.4) is 0 Å². The highest BCUT2D eigenvalue weighted by Gasteiger charge is 2.42. The summed E-state index contributed by atoms with van der Waals surface area (Å²) in [6, 6.07) is 17.1. The highest BCUT2D eigenvalue weighted by Crippen LogP contribution is 2.52. The molecule has 2 fully saturated rings. The number of thiocarbonyl (C=S) groups is 1. The number of para-hydroxylation sites is 1. The molecule has 1 saturated carbocycles. The number of hydrogen-bond donors (Lipinski definition) is 1. The predicted molar refractivity (Wildman–Crippen MR) is 160 cm³/mol. The lowest BCUT2D eigenvalue weighted by Crippen LogP contribution is -2.35. The van der Waals surface area contributed by atoms with E-state index in [1.54, 1.807) is 12.2 Å². The van der Waals surface area contributed by atoms with E-state index in [0.29, 0.717) is 25.5 Å². The molecule has 1 aliphatic carbocycles. The zero-order chi connectivity index (χ0) is 27.3. The highest BCUT2D eigenvalue weighted by molar-refractivity contribution is 8.30. The standard InChI is InChI=1S/C29H25N3O4S3/c1-2-13-30-27(36)25(39-29(30)37)28-31(16-24(33)34)26(35)23(38-28)15-17-11-12-22-20(14-17)19-9-6-10-21(19)32(22)18-7-4-3-5-8-18/h2-5,7-8,11-12,14-15,19,21H,1,6,9-10,13,16H2,(H,33,34). The molecule has 2 aliphatic heterocycles. The summed E-state index contributed by atoms with van der Waals surface area (Å²) in [5.74, 6) is -1.08. The third-order valence-electron chi connectivity index (χ3n) is 7.41. The van der Waals surface area contributed by atoms with Crippen molar-refractivity contribution < 1.29 is 14.7 Å². The average Bonchev–Trinajstić information content (AvgIpc) is 3.65. The Labute approximate surface area is 238 Å². The lowest BCUT2D eigenvalue weighted by atomic mass is 9.96. The Morgan fingerprint density at radius 1 is 1.15 bits per heavy atom. The molecule has 2 unspecified atom stereocenters. The number of hydrogen-bond acceptors (Lipinski definition) is 7. The van der Waals surface area contributed by atoms with Gasteiger partial charge in [-0.2, -0.15) is 0 Å². The van der Waals surface area contributed by atoms with Gasteiger partial charge in [-0.25, -0.2) is 0 Å². The number of aliphatic carboxylic acids is 1. The molecule has 10 heteroatoms. The van der Waals surface area contributed by atoms with Gasteiger partial charge >= 0.3 is 5.97 Å². The maximum atomic E-state index is 13.4. The van der Waals surface area contributed by atoms with Gasteiger partial charge in [0.05, 0.1) is 4.53 Å². The van der Waals surface area contributed by atoms with Gasteiger partial charge in [0.15, 0.2) is 0 Å². The molecule has 1 saturated heterocycles. The average molecular weight is 576 g/mol. The molecule has 6 rings (SSSR count). The molecule has 0 radical (unpaired) electrons. The fraction of sp³-hybridized carbons (Fsp3) is 0.241. The minimum atomic E-state index is -1.16. The number of carbonyl (C=O) groups excluding carboxylic acids is 1. The maximum Gasteiger partial charge on any atom is 0.323 e. The van der Waals surface area contributed by atoms with Gasteiger partial charge in [-0.15, -0.1) is 17.9 Å². The molecule has 198 valence electrons. The summed E-state index contributed by atoms with van der Waals surface area (Å²) < 4.78 is 2.21. The van der Waals surface area contributed by atoms with Gasteiger partial charge in [-0.05, 0) is 54.3 Å². The largest absolute Gasteiger partial charge is 0.480 e. The van der Waals surface area contributed by atoms with E-state index in [4.69, 9.17) is 12.2 Å². The van der Waals surface area contributed by atoms with Crippen LogP contribution in [0.2, 0.25) is 0 Å². The van der Waals surface area contributed by atoms with E-state index < -0.39 is 18.1 Å². The van der Waals surface area contributed by atoms with Crippen LogP contribution in [0.4, 0.5) is 11.4 Å². The van der Waals surface area contributed by atoms with Crippen LogP contribution in [0.15, 0.2) is 66.0 Å². The van der Waals surface area contributed by atoms with Crippen molar-refractivity contribution in [1.29, 1.82) is 0 Å². The number of rotatable bonds is 6. The number of aromatic nitrogens is 1. The van der Waals surface area contributed by atoms with Crippen molar-refractivity contribution in [2.24, 2.45) is 0 Å². The van der Waals surface area contributed by atoms with Crippen LogP contribution in [-0.4, -0.2) is 43.4 Å². The third-order valence-corrected chi connectivity index (χ3v) is 10.1. The second kappa shape index (κ2) is 10.3. The molecule has 3 aromatic rings. The number of amides is 1. The Balaban J connectivity index is 1.47. The van der Waals surface area contributed by atoms with E-state index in [-0.39, 0.29) is 17.4 Å². The fourth-order valence-corrected chi connectivity index (χ4v) is 8.35. The number of nitrogens with zero attached hydrogens (tertiary/aromatic N) is 3. The van der Waals surface area contributed by atoms with Crippen molar-refractivity contribution in [3.63, 3.8) is 0 Å². The van der Waals surface area contributed by atoms with Crippen molar-refractivity contribution in [3.05, 3.63) is 91.9 Å². The van der Waals surface area contributed by atoms with E-state index in [2.05, 4.69) is 47.9 Å². The predicted octanol–water partition coefficient (Wildman–Crippen LogP) is 3.77. The molecule has 2 atom stereocenters. The zero-order valence-electron chi connectivity index (χ0n) is 20.9. The molecule has 0 spiro atoms. The first-order valence-corrected chi connectivity index (χ1v) is 14.7. The molecular weight excluding hydrogens is 551 g/mol. The van der Waals surface area contributed by atoms with E-state index in [1.807, 2.05) is 12.1 Å². The molecule has 1 aromatic heterocycles. The second-order valence-corrected chi connectivity index (χ2v) is 12.4. The van der Waals surface area contributed by atoms with Crippen molar-refractivity contribution in [1.82, 2.24) is 9.47 Å². The number of carboxylic acids is 1. The second-order valence-electron chi connectivity index (χ2n) is 9.73. The zero-order valence-corrected chi connectivity index (χ0v) is 23.4. The van der Waals surface area contributed by atoms with Gasteiger partial charge in [-0.1, -0.05) is 60.7 Å². The van der Waals surface area contributed by atoms with Gasteiger partial charge in [0.2, 0.25) is 0 Å². The monoisotopic (exact) mass is 575 g/mol. The Morgan fingerprint density at radius 3 is 2.69 bits per heavy atom. The summed E-state index contributed by atoms with van der Waals surface area (Å²) in [4.78, 5) is 42.2. The van der Waals surface area contributed by atoms with Gasteiger partial charge in [0.1, 0.15) is 20.4 Å². The summed E-state index contributed by atoms with van der Waals surface area (Å²) >= 11 is 7.56. The first kappa shape index (κ1) is 25.8. The third kappa shape index (κ3) is 4.46. The summed E-state index contributed by atoms with van der Waals surface area (Å²) in [5.41, 5.74) is 4.10. The molecule has 2 aromatic carbocycles. The number of anilines is 2. The molecule has 3 aliphatic rings. The Kier molecular flexibility index (Phi) is 6.78. The Morgan fingerprint density at radius 2 is 1.95 bits per heavy atom. The minimum Gasteiger partial charge on any atom is -0.480 e. The molecule has 1 amide bonds. The van der Waals surface area contributed by atoms with Gasteiger partial charge in [0, 0.05) is 29.9 Å². The summed E-state index contributed by atoms with van der Waals surface area (Å²) in [6.45, 7) is 3.38. The fourth-order valence-electron chi connectivity index (χ4n) is 5.82. The quantitative estimate of drug-likeness (QED) is 0.354. The molecular formula is C29H25N3O4S3. The van der Waals surface area contributed by atoms with Crippen molar-refractivity contribution >= 4 is 73.9 Å². The topological polar surface area (TPSA) is 82.9 Å². The smallest absolute Gasteiger partial charge is 0.323 e. The van der Waals surface area contributed by atoms with Crippen molar-refractivity contribution in [2.45, 2.75) is 37.8 Å². The summed E-state index contributed by atoms with van der Waals surface area (Å²) in [5, 5.41) is 9.50. The number of carboxylic acid groups (broad SMARTS) is 1. The van der Waals surface area contributed by atoms with Crippen molar-refractivity contribution in [3.8, 4) is 0 Å². The SMILES string of the molecule is C=CCN1C(=O)C(=c2sc(=Cc3ccc4c(c3)C3CCCC3N4c3ccccc3)c(=O)n2CC(=O)O)SC1=S. The Bertz CT molecular complexity index is 1710. The van der Waals surface area contributed by atoms with Crippen LogP contribution in [0.25, 0.3) is 11.0 Å². The van der Waals surface area contributed by atoms with E-state index >= 15 is 0 Å². The number of fused-ring (bicyclic) bond motifs is 3. The Hall–Kier alpha value is -3.47. The van der Waals surface area contributed by atoms with Crippen molar-refractivity contribution in [2.75, 3.05) is 11.4 Å². The highest BCUT2D eigenvalue weighted by atomic mass is 32.2. The number of carbonyl (C=O) groups is 2. The first-order chi connectivity index (χ1) is 18.9. The molecule has 0 bridgehead atoms. The lowest BCUT2D eigenvalue weighted by Gasteiger charge is -2.27. The number of thiazole rings is 1. The molecule has 1 N–H and O–H groups in total. The van der Waals surface area contributed by atoms with Crippen LogP contribution in [-0.2, 0) is 16.1 Å². The lowest BCUT2D eigenvalue weighted by molar-refractivity contribution is -0.137. The normalized spacial score (nSPS) is 22.0. The molecule has 39 heavy (non-hydrogen) atoms. The van der Waals surface area contributed by atoms with E-state index in [9.17, 15) is 19.5 Å². The number of benzene rings is 2. The van der Waals surface area contributed by atoms with Crippen LogP contribution in [0, 0.1) is 0 Å². The summed E-state index contributed by atoms with van der Waals surface area (Å²) in [7, 11) is 0. The summed E-state index contributed by atoms with van der Waals surface area (Å²) in [6.07, 6.45) is 6.81. The van der Waals surface area contributed by atoms with Gasteiger partial charge < -0.3 is 10.0 Å².